The summed E-state index contributed by atoms with van der Waals surface area (Å²) in [5, 5.41) is 2.30. The number of hydrogen-bond acceptors (Lipinski definition) is 3. The molecule has 9 aromatic rings. The molecule has 0 saturated carbocycles. The maximum absolute atomic E-state index is 6.35. The van der Waals surface area contributed by atoms with Crippen LogP contribution in [0.25, 0.3) is 44.2 Å². The lowest BCUT2D eigenvalue weighted by Gasteiger charge is -2.46. The van der Waals surface area contributed by atoms with Gasteiger partial charge in [-0.15, -0.1) is 0 Å². The van der Waals surface area contributed by atoms with Gasteiger partial charge >= 0.3 is 0 Å². The standard InChI is InChI=1S/C63H59BN2O/c1-60(2,3)39-25-31-50-52(33-39)65(42-27-23-38(24-28-42)44-19-16-22-57-58(44)47-18-13-15-21-56(47)67-57)54-35-41(62(7,8)9)36-55-59(54)64(50)51-32-26-40(61(4,5)6)34-53(51)66(55)43-29-30-46-45-17-12-14-20-48(45)63(10,11)49(46)37-43/h12-37H,1-11H3. The first kappa shape index (κ1) is 41.6. The molecule has 0 amide bonds. The number of nitrogens with zero attached hydrogens (tertiary/aromatic N) is 2. The Labute approximate surface area is 397 Å². The highest BCUT2D eigenvalue weighted by Crippen LogP contribution is 2.52. The molecule has 0 unspecified atom stereocenters. The highest BCUT2D eigenvalue weighted by atomic mass is 16.3. The van der Waals surface area contributed by atoms with Crippen LogP contribution in [0, 0.1) is 0 Å². The molecule has 0 N–H and O–H groups in total. The van der Waals surface area contributed by atoms with Gasteiger partial charge in [0.05, 0.1) is 0 Å². The van der Waals surface area contributed by atoms with Gasteiger partial charge in [0.15, 0.2) is 0 Å². The van der Waals surface area contributed by atoms with Crippen molar-refractivity contribution in [2.75, 3.05) is 9.80 Å². The average molecular weight is 871 g/mol. The Kier molecular flexibility index (Phi) is 8.78. The minimum Gasteiger partial charge on any atom is -0.456 e. The Hall–Kier alpha value is -6.78. The third kappa shape index (κ3) is 6.25. The topological polar surface area (TPSA) is 19.6 Å². The first-order chi connectivity index (χ1) is 31.9. The third-order valence-corrected chi connectivity index (χ3v) is 15.3. The molecule has 3 nitrogen and oxygen atoms in total. The zero-order valence-electron chi connectivity index (χ0n) is 40.9. The molecule has 0 atom stereocenters. The molecular weight excluding hydrogens is 812 g/mol. The molecule has 8 aromatic carbocycles. The van der Waals surface area contributed by atoms with Crippen LogP contribution in [0.3, 0.4) is 0 Å². The Morgan fingerprint density at radius 3 is 1.60 bits per heavy atom. The van der Waals surface area contributed by atoms with Gasteiger partial charge < -0.3 is 14.2 Å². The normalized spacial score (nSPS) is 14.8. The number of anilines is 6. The zero-order valence-corrected chi connectivity index (χ0v) is 40.9. The molecule has 3 heterocycles. The molecule has 2 aliphatic heterocycles. The van der Waals surface area contributed by atoms with Crippen molar-refractivity contribution in [3.05, 3.63) is 186 Å². The predicted octanol–water partition coefficient (Wildman–Crippen LogP) is 15.5. The van der Waals surface area contributed by atoms with Crippen molar-refractivity contribution in [2.45, 2.75) is 97.8 Å². The number of furan rings is 1. The lowest BCUT2D eigenvalue weighted by molar-refractivity contribution is 0.590. The largest absolute Gasteiger partial charge is 0.456 e. The van der Waals surface area contributed by atoms with Crippen LogP contribution in [0.4, 0.5) is 34.1 Å². The highest BCUT2D eigenvalue weighted by molar-refractivity contribution is 7.00. The van der Waals surface area contributed by atoms with Gasteiger partial charge in [0.1, 0.15) is 11.2 Å². The van der Waals surface area contributed by atoms with E-state index in [0.717, 1.165) is 27.6 Å². The monoisotopic (exact) mass is 870 g/mol. The molecule has 0 saturated heterocycles. The molecule has 0 fully saturated rings. The summed E-state index contributed by atoms with van der Waals surface area (Å²) in [6.45, 7) is 25.9. The molecule has 0 bridgehead atoms. The number of fused-ring (bicyclic) bond motifs is 10. The minimum absolute atomic E-state index is 0.0286. The van der Waals surface area contributed by atoms with Gasteiger partial charge in [0, 0.05) is 50.3 Å². The Morgan fingerprint density at radius 2 is 0.955 bits per heavy atom. The van der Waals surface area contributed by atoms with Gasteiger partial charge in [0.2, 0.25) is 0 Å². The van der Waals surface area contributed by atoms with Crippen LogP contribution in [-0.4, -0.2) is 6.71 Å². The van der Waals surface area contributed by atoms with E-state index < -0.39 is 0 Å². The van der Waals surface area contributed by atoms with E-state index in [1.54, 1.807) is 0 Å². The van der Waals surface area contributed by atoms with Gasteiger partial charge in [-0.1, -0.05) is 173 Å². The molecule has 330 valence electrons. The van der Waals surface area contributed by atoms with Crippen LogP contribution in [-0.2, 0) is 21.7 Å². The number of benzene rings is 8. The lowest BCUT2D eigenvalue weighted by atomic mass is 9.33. The Morgan fingerprint density at radius 1 is 0.433 bits per heavy atom. The van der Waals surface area contributed by atoms with Crippen LogP contribution in [0.2, 0.25) is 0 Å². The predicted molar refractivity (Wildman–Crippen MR) is 287 cm³/mol. The summed E-state index contributed by atoms with van der Waals surface area (Å²) in [5.74, 6) is 0. The fraction of sp³-hybridized carbons (Fsp3) is 0.238. The second kappa shape index (κ2) is 14.1. The fourth-order valence-electron chi connectivity index (χ4n) is 11.5. The van der Waals surface area contributed by atoms with E-state index in [0.29, 0.717) is 0 Å². The molecule has 12 rings (SSSR count). The van der Waals surface area contributed by atoms with E-state index >= 15 is 0 Å². The SMILES string of the molecule is CC(C)(C)c1ccc2c(c1)N(c1ccc(-c3cccc4oc5ccccc5c34)cc1)c1cc(C(C)(C)C)cc3c1B2c1ccc(C(C)(C)C)cc1N3c1ccc2c(c1)C(C)(C)c1ccccc1-2. The smallest absolute Gasteiger partial charge is 0.252 e. The lowest BCUT2D eigenvalue weighted by Crippen LogP contribution is -2.61. The molecule has 1 aliphatic carbocycles. The van der Waals surface area contributed by atoms with Crippen molar-refractivity contribution < 1.29 is 4.42 Å². The van der Waals surface area contributed by atoms with Crippen LogP contribution < -0.4 is 26.2 Å². The quantitative estimate of drug-likeness (QED) is 0.165. The Balaban J connectivity index is 1.12. The first-order valence-corrected chi connectivity index (χ1v) is 24.2. The van der Waals surface area contributed by atoms with Crippen LogP contribution >= 0.6 is 0 Å². The van der Waals surface area contributed by atoms with Crippen molar-refractivity contribution in [3.63, 3.8) is 0 Å². The molecule has 0 spiro atoms. The van der Waals surface area contributed by atoms with E-state index in [1.807, 2.05) is 6.07 Å². The summed E-state index contributed by atoms with van der Waals surface area (Å²) in [5.41, 5.74) is 24.6. The van der Waals surface area contributed by atoms with Gasteiger partial charge in [-0.05, 0) is 143 Å². The van der Waals surface area contributed by atoms with Crippen LogP contribution in [0.1, 0.15) is 104 Å². The van der Waals surface area contributed by atoms with Crippen LogP contribution in [0.15, 0.2) is 162 Å². The maximum Gasteiger partial charge on any atom is 0.252 e. The number of para-hydroxylation sites is 1. The number of hydrogen-bond donors (Lipinski definition) is 0. The summed E-state index contributed by atoms with van der Waals surface area (Å²) >= 11 is 0. The third-order valence-electron chi connectivity index (χ3n) is 15.3. The van der Waals surface area contributed by atoms with E-state index in [4.69, 9.17) is 4.42 Å². The van der Waals surface area contributed by atoms with Crippen molar-refractivity contribution in [3.8, 4) is 22.3 Å². The molecular formula is C63H59BN2O. The second-order valence-corrected chi connectivity index (χ2v) is 23.1. The van der Waals surface area contributed by atoms with Gasteiger partial charge in [-0.2, -0.15) is 0 Å². The summed E-state index contributed by atoms with van der Waals surface area (Å²) in [7, 11) is 0. The molecule has 67 heavy (non-hydrogen) atoms. The molecule has 1 aromatic heterocycles. The van der Waals surface area contributed by atoms with E-state index in [9.17, 15) is 0 Å². The van der Waals surface area contributed by atoms with Crippen molar-refractivity contribution >= 4 is 79.2 Å². The van der Waals surface area contributed by atoms with Gasteiger partial charge in [-0.25, -0.2) is 0 Å². The van der Waals surface area contributed by atoms with Crippen LogP contribution in [0.5, 0.6) is 0 Å². The fourth-order valence-corrected chi connectivity index (χ4v) is 11.5. The Bertz CT molecular complexity index is 3510. The average Bonchev–Trinajstić information content (AvgIpc) is 3.79. The summed E-state index contributed by atoms with van der Waals surface area (Å²) in [6.07, 6.45) is 0. The van der Waals surface area contributed by atoms with E-state index in [-0.39, 0.29) is 28.4 Å². The first-order valence-electron chi connectivity index (χ1n) is 24.2. The minimum atomic E-state index is -0.133. The van der Waals surface area contributed by atoms with Crippen molar-refractivity contribution in [1.29, 1.82) is 0 Å². The van der Waals surface area contributed by atoms with E-state index in [2.05, 4.69) is 238 Å². The second-order valence-electron chi connectivity index (χ2n) is 23.1. The molecule has 3 aliphatic rings. The summed E-state index contributed by atoms with van der Waals surface area (Å²) in [4.78, 5) is 5.21. The molecule has 0 radical (unpaired) electrons. The van der Waals surface area contributed by atoms with Crippen molar-refractivity contribution in [2.24, 2.45) is 0 Å². The van der Waals surface area contributed by atoms with Gasteiger partial charge in [0.25, 0.3) is 6.71 Å². The summed E-state index contributed by atoms with van der Waals surface area (Å²) < 4.78 is 6.35. The highest BCUT2D eigenvalue weighted by Gasteiger charge is 2.45. The number of rotatable bonds is 3. The summed E-state index contributed by atoms with van der Waals surface area (Å²) in [6, 6.07) is 60.1. The maximum atomic E-state index is 6.35. The van der Waals surface area contributed by atoms with Crippen molar-refractivity contribution in [1.82, 2.24) is 0 Å². The van der Waals surface area contributed by atoms with Gasteiger partial charge in [-0.3, -0.25) is 0 Å². The van der Waals surface area contributed by atoms with E-state index in [1.165, 1.54) is 94.9 Å². The molecule has 4 heteroatoms. The zero-order chi connectivity index (χ0) is 46.5.